The fraction of sp³-hybridized carbons (Fsp3) is 0.420. The highest BCUT2D eigenvalue weighted by Gasteiger charge is 2.61. The van der Waals surface area contributed by atoms with E-state index >= 15 is 9.59 Å². The van der Waals surface area contributed by atoms with Gasteiger partial charge in [-0.2, -0.15) is 0 Å². The Morgan fingerprint density at radius 1 is 0.522 bits per heavy atom. The number of benzene rings is 6. The van der Waals surface area contributed by atoms with Gasteiger partial charge in [0.1, 0.15) is 54.9 Å². The molecule has 6 aromatic carbocycles. The third-order valence-electron chi connectivity index (χ3n) is 16.2. The zero-order valence-corrected chi connectivity index (χ0v) is 51.1. The van der Waals surface area contributed by atoms with Crippen LogP contribution in [0, 0.1) is 0 Å². The van der Waals surface area contributed by atoms with E-state index in [9.17, 15) is 9.59 Å². The molecule has 5 aliphatic rings. The van der Waals surface area contributed by atoms with Gasteiger partial charge in [0.25, 0.3) is 11.8 Å². The normalized spacial score (nSPS) is 28.5. The second kappa shape index (κ2) is 32.2. The summed E-state index contributed by atoms with van der Waals surface area (Å²) in [6.45, 7) is 4.02. The van der Waals surface area contributed by atoms with E-state index in [1.54, 1.807) is 24.3 Å². The molecule has 0 N–H and O–H groups in total. The van der Waals surface area contributed by atoms with Crippen LogP contribution < -0.4 is 0 Å². The highest BCUT2D eigenvalue weighted by molar-refractivity contribution is 6.21. The summed E-state index contributed by atoms with van der Waals surface area (Å²) in [6.07, 6.45) is -19.0. The van der Waals surface area contributed by atoms with E-state index in [2.05, 4.69) is 10.0 Å². The van der Waals surface area contributed by atoms with E-state index in [-0.39, 0.29) is 77.1 Å². The Balaban J connectivity index is 1.05. The Morgan fingerprint density at radius 2 is 1.03 bits per heavy atom. The van der Waals surface area contributed by atoms with Crippen molar-refractivity contribution in [1.29, 1.82) is 0 Å². The summed E-state index contributed by atoms with van der Waals surface area (Å²) in [7, 11) is 0. The van der Waals surface area contributed by atoms with E-state index in [0.29, 0.717) is 5.56 Å². The molecule has 11 rings (SSSR count). The molecule has 1 unspecified atom stereocenters. The van der Waals surface area contributed by atoms with Crippen LogP contribution in [0.5, 0.6) is 0 Å². The standard InChI is InChI=1S/C69H74N4O19/c1-43-56(81-38-47-23-11-5-12-24-47)60(82-39-48-25-13-6-14-26-48)62(83-40-49-27-15-7-16-28-49)68(85-43)92-59-55(73-64(76)51-31-19-20-32-52(51)65(73)77)67(80-36-35-78-34-33-71-72-70)88-53(41-79-37-46-21-9-4-10-22-46)57(59)91-69-63(87-45(3)75)61(86-44(2)74)58-54(89-69)42-84-66(90-58)50-29-17-8-18-30-50/h4-32,43,53-63,66-69H,33-42H2,1-3H3/t43-,53+,54+,55+,56+,57+,58-,59+,60+,61-,62-,63+,66?,67+,68-,69-/m0/s1. The van der Waals surface area contributed by atoms with Crippen LogP contribution in [0.1, 0.15) is 75.6 Å². The van der Waals surface area contributed by atoms with Crippen molar-refractivity contribution >= 4 is 23.8 Å². The van der Waals surface area contributed by atoms with E-state index in [1.807, 2.05) is 159 Å². The lowest BCUT2D eigenvalue weighted by Crippen LogP contribution is -2.71. The van der Waals surface area contributed by atoms with E-state index < -0.39 is 122 Å². The Hall–Kier alpha value is -7.81. The maximum Gasteiger partial charge on any atom is 0.303 e. The van der Waals surface area contributed by atoms with Gasteiger partial charge in [0.05, 0.1) is 76.7 Å². The maximum atomic E-state index is 15.3. The number of carbonyl (C=O) groups excluding carboxylic acids is 4. The quantitative estimate of drug-likeness (QED) is 0.0111. The number of rotatable bonds is 28. The van der Waals surface area contributed by atoms with Crippen molar-refractivity contribution in [3.63, 3.8) is 0 Å². The minimum atomic E-state index is -1.68. The second-order valence-electron chi connectivity index (χ2n) is 22.6. The topological polar surface area (TPSA) is 259 Å². The average Bonchev–Trinajstić information content (AvgIpc) is 1.46. The highest BCUT2D eigenvalue weighted by Crippen LogP contribution is 2.43. The smallest absolute Gasteiger partial charge is 0.303 e. The molecule has 0 bridgehead atoms. The third-order valence-corrected chi connectivity index (χ3v) is 16.2. The van der Waals surface area contributed by atoms with Gasteiger partial charge in [-0.1, -0.05) is 169 Å². The minimum absolute atomic E-state index is 0.0198. The molecule has 484 valence electrons. The van der Waals surface area contributed by atoms with Gasteiger partial charge in [0.15, 0.2) is 37.4 Å². The maximum absolute atomic E-state index is 15.3. The number of hydrogen-bond donors (Lipinski definition) is 0. The molecule has 5 aliphatic heterocycles. The van der Waals surface area contributed by atoms with Crippen LogP contribution in [0.25, 0.3) is 10.4 Å². The van der Waals surface area contributed by atoms with Gasteiger partial charge in [-0.3, -0.25) is 24.1 Å². The summed E-state index contributed by atoms with van der Waals surface area (Å²) < 4.78 is 101. The molecule has 0 aliphatic carbocycles. The first-order valence-electron chi connectivity index (χ1n) is 30.7. The molecule has 0 spiro atoms. The van der Waals surface area contributed by atoms with Crippen molar-refractivity contribution in [3.8, 4) is 0 Å². The average molecular weight is 1260 g/mol. The number of hydrogen-bond acceptors (Lipinski definition) is 20. The monoisotopic (exact) mass is 1260 g/mol. The largest absolute Gasteiger partial charge is 0.455 e. The summed E-state index contributed by atoms with van der Waals surface area (Å²) in [5, 5.41) is 3.57. The summed E-state index contributed by atoms with van der Waals surface area (Å²) in [5.41, 5.74) is 13.2. The van der Waals surface area contributed by atoms with Gasteiger partial charge >= 0.3 is 11.9 Å². The molecule has 16 atom stereocenters. The van der Waals surface area contributed by atoms with Gasteiger partial charge in [-0.15, -0.1) is 0 Å². The van der Waals surface area contributed by atoms with Crippen molar-refractivity contribution in [3.05, 3.63) is 225 Å². The molecule has 23 nitrogen and oxygen atoms in total. The molecule has 0 saturated carbocycles. The molecule has 0 aromatic heterocycles. The molecule has 5 heterocycles. The fourth-order valence-corrected chi connectivity index (χ4v) is 11.9. The lowest BCUT2D eigenvalue weighted by molar-refractivity contribution is -0.396. The summed E-state index contributed by atoms with van der Waals surface area (Å²) in [6, 6.07) is 52.1. The molecule has 6 aromatic rings. The van der Waals surface area contributed by atoms with Crippen molar-refractivity contribution in [1.82, 2.24) is 4.90 Å². The minimum Gasteiger partial charge on any atom is -0.455 e. The second-order valence-corrected chi connectivity index (χ2v) is 22.6. The summed E-state index contributed by atoms with van der Waals surface area (Å²) in [5.74, 6) is -2.96. The van der Waals surface area contributed by atoms with Crippen LogP contribution in [0.15, 0.2) is 181 Å². The molecule has 2 amide bonds. The van der Waals surface area contributed by atoms with Gasteiger partial charge in [-0.25, -0.2) is 0 Å². The molecule has 4 fully saturated rings. The first-order valence-corrected chi connectivity index (χ1v) is 30.7. The van der Waals surface area contributed by atoms with Crippen molar-refractivity contribution in [2.24, 2.45) is 5.11 Å². The number of fused-ring (bicyclic) bond motifs is 2. The number of azide groups is 1. The fourth-order valence-electron chi connectivity index (χ4n) is 11.9. The molecule has 4 saturated heterocycles. The predicted octanol–water partition coefficient (Wildman–Crippen LogP) is 8.91. The van der Waals surface area contributed by atoms with Crippen LogP contribution >= 0.6 is 0 Å². The number of esters is 2. The molecular formula is C69H74N4O19. The lowest BCUT2D eigenvalue weighted by Gasteiger charge is -2.53. The van der Waals surface area contributed by atoms with Gasteiger partial charge in [-0.05, 0) is 46.8 Å². The molecule has 0 radical (unpaired) electrons. The van der Waals surface area contributed by atoms with Crippen LogP contribution in [0.2, 0.25) is 0 Å². The van der Waals surface area contributed by atoms with Crippen LogP contribution in [0.4, 0.5) is 0 Å². The summed E-state index contributed by atoms with van der Waals surface area (Å²) >= 11 is 0. The summed E-state index contributed by atoms with van der Waals surface area (Å²) in [4.78, 5) is 61.3. The number of ether oxygens (including phenoxy) is 15. The van der Waals surface area contributed by atoms with Crippen LogP contribution in [-0.4, -0.2) is 160 Å². The highest BCUT2D eigenvalue weighted by atomic mass is 16.8. The van der Waals surface area contributed by atoms with Crippen molar-refractivity contribution in [2.45, 2.75) is 146 Å². The molecule has 92 heavy (non-hydrogen) atoms. The zero-order chi connectivity index (χ0) is 63.8. The first-order chi connectivity index (χ1) is 45.0. The van der Waals surface area contributed by atoms with Gasteiger partial charge < -0.3 is 71.1 Å². The SMILES string of the molecule is CC(=O)O[C@H]1[C@H]2OC(c3ccccc3)OC[C@H]2O[C@@H](O[C@H]2[C@H](O[C@@H]3O[C@@H](C)[C@@H](OCc4ccccc4)[C@@H](OCc4ccccc4)[C@@H]3OCc3ccccc3)[C@@H](N3C(=O)c4ccccc4C3=O)[C@H](OCCOCCN=[N+]=[N-])O[C@@H]2COCc2ccccc2)[C@@H]1OC(C)=O. The number of carbonyl (C=O) groups is 4. The first kappa shape index (κ1) is 65.7. The van der Waals surface area contributed by atoms with Crippen molar-refractivity contribution < 1.29 is 90.2 Å². The Morgan fingerprint density at radius 3 is 1.61 bits per heavy atom. The zero-order valence-electron chi connectivity index (χ0n) is 51.1. The number of imide groups is 1. The molecular weight excluding hydrogens is 1190 g/mol. The number of amides is 2. The van der Waals surface area contributed by atoms with Crippen LogP contribution in [0.3, 0.4) is 0 Å². The van der Waals surface area contributed by atoms with Gasteiger partial charge in [0.2, 0.25) is 0 Å². The Labute approximate surface area is 532 Å². The van der Waals surface area contributed by atoms with E-state index in [1.165, 1.54) is 13.8 Å². The number of nitrogens with zero attached hydrogens (tertiary/aromatic N) is 4. The Bertz CT molecular complexity index is 3360. The lowest BCUT2D eigenvalue weighted by atomic mass is 9.93. The third kappa shape index (κ3) is 16.3. The van der Waals surface area contributed by atoms with Crippen LogP contribution in [-0.2, 0) is 107 Å². The van der Waals surface area contributed by atoms with Gasteiger partial charge in [0, 0.05) is 30.9 Å². The Kier molecular flexibility index (Phi) is 23.0. The van der Waals surface area contributed by atoms with E-state index in [0.717, 1.165) is 27.2 Å². The molecule has 23 heteroatoms. The predicted molar refractivity (Wildman–Crippen MR) is 325 cm³/mol. The van der Waals surface area contributed by atoms with Crippen molar-refractivity contribution in [2.75, 3.05) is 39.6 Å². The van der Waals surface area contributed by atoms with E-state index in [4.69, 9.17) is 76.6 Å².